The maximum atomic E-state index is 13.0. The van der Waals surface area contributed by atoms with Crippen LogP contribution in [-0.2, 0) is 9.53 Å². The first-order valence-corrected chi connectivity index (χ1v) is 6.72. The molecule has 6 nitrogen and oxygen atoms in total. The van der Waals surface area contributed by atoms with Crippen molar-refractivity contribution in [1.29, 1.82) is 0 Å². The van der Waals surface area contributed by atoms with Crippen LogP contribution in [0.3, 0.4) is 0 Å². The number of carbonyl (C=O) groups is 1. The number of methoxy groups -OCH3 is 1. The molecule has 0 unspecified atom stereocenters. The number of halogens is 2. The molecule has 8 heteroatoms. The van der Waals surface area contributed by atoms with Crippen LogP contribution in [0.25, 0.3) is 0 Å². The van der Waals surface area contributed by atoms with E-state index < -0.39 is 5.82 Å². The van der Waals surface area contributed by atoms with E-state index in [1.165, 1.54) is 18.2 Å². The third-order valence-corrected chi connectivity index (χ3v) is 2.43. The summed E-state index contributed by atoms with van der Waals surface area (Å²) in [6, 6.07) is 5.72. The molecule has 0 aliphatic heterocycles. The number of carbonyl (C=O) groups excluding carboxylic acids is 1. The monoisotopic (exact) mass is 424 g/mol. The highest BCUT2D eigenvalue weighted by atomic mass is 127. The van der Waals surface area contributed by atoms with Crippen molar-refractivity contribution < 1.29 is 13.9 Å². The van der Waals surface area contributed by atoms with E-state index in [9.17, 15) is 9.18 Å². The standard InChI is InChI=1S/C14H21FN4O2.HI/c1-3-16-14(17-7-8-21-2)18-10-13(20)19-12-6-4-5-11(15)9-12;/h4-6,9H,3,7-8,10H2,1-2H3,(H,19,20)(H2,16,17,18);1H. The van der Waals surface area contributed by atoms with Gasteiger partial charge in [-0.05, 0) is 25.1 Å². The number of ether oxygens (including phenoxy) is 1. The molecule has 0 atom stereocenters. The number of anilines is 1. The zero-order chi connectivity index (χ0) is 15.5. The molecule has 0 saturated carbocycles. The van der Waals surface area contributed by atoms with Crippen molar-refractivity contribution in [3.63, 3.8) is 0 Å². The highest BCUT2D eigenvalue weighted by Crippen LogP contribution is 2.08. The average Bonchev–Trinajstić information content (AvgIpc) is 2.45. The van der Waals surface area contributed by atoms with Crippen molar-refractivity contribution in [3.8, 4) is 0 Å². The van der Waals surface area contributed by atoms with Crippen LogP contribution < -0.4 is 16.0 Å². The van der Waals surface area contributed by atoms with Crippen LogP contribution in [0.15, 0.2) is 29.3 Å². The van der Waals surface area contributed by atoms with E-state index in [2.05, 4.69) is 20.9 Å². The highest BCUT2D eigenvalue weighted by Gasteiger charge is 2.03. The molecule has 0 bridgehead atoms. The summed E-state index contributed by atoms with van der Waals surface area (Å²) in [6.45, 7) is 3.69. The summed E-state index contributed by atoms with van der Waals surface area (Å²) in [4.78, 5) is 15.9. The number of nitrogens with one attached hydrogen (secondary N) is 3. The second-order valence-electron chi connectivity index (χ2n) is 4.17. The smallest absolute Gasteiger partial charge is 0.246 e. The van der Waals surface area contributed by atoms with Gasteiger partial charge >= 0.3 is 0 Å². The molecular formula is C14H22FIN4O2. The molecule has 0 aliphatic rings. The summed E-state index contributed by atoms with van der Waals surface area (Å²) in [5, 5.41) is 8.62. The van der Waals surface area contributed by atoms with Crippen molar-refractivity contribution in [2.24, 2.45) is 4.99 Å². The Balaban J connectivity index is 0.00000441. The van der Waals surface area contributed by atoms with Gasteiger partial charge in [-0.1, -0.05) is 6.07 Å². The Morgan fingerprint density at radius 2 is 2.14 bits per heavy atom. The number of nitrogens with zero attached hydrogens (tertiary/aromatic N) is 1. The number of amides is 1. The lowest BCUT2D eigenvalue weighted by Gasteiger charge is -2.10. The number of benzene rings is 1. The van der Waals surface area contributed by atoms with Crippen LogP contribution in [0.4, 0.5) is 10.1 Å². The lowest BCUT2D eigenvalue weighted by atomic mass is 10.3. The Hall–Kier alpha value is -1.42. The predicted molar refractivity (Wildman–Crippen MR) is 96.3 cm³/mol. The van der Waals surface area contributed by atoms with E-state index in [-0.39, 0.29) is 36.4 Å². The first-order valence-electron chi connectivity index (χ1n) is 6.72. The lowest BCUT2D eigenvalue weighted by Crippen LogP contribution is -2.39. The highest BCUT2D eigenvalue weighted by molar-refractivity contribution is 14.0. The van der Waals surface area contributed by atoms with E-state index in [1.54, 1.807) is 13.2 Å². The molecule has 0 aliphatic carbocycles. The summed E-state index contributed by atoms with van der Waals surface area (Å²) in [6.07, 6.45) is 0. The maximum Gasteiger partial charge on any atom is 0.246 e. The van der Waals surface area contributed by atoms with E-state index in [0.29, 0.717) is 31.3 Å². The average molecular weight is 424 g/mol. The molecule has 1 rings (SSSR count). The molecule has 0 fully saturated rings. The summed E-state index contributed by atoms with van der Waals surface area (Å²) in [5.74, 6) is -0.181. The van der Waals surface area contributed by atoms with Gasteiger partial charge in [-0.3, -0.25) is 4.79 Å². The van der Waals surface area contributed by atoms with Crippen molar-refractivity contribution in [2.45, 2.75) is 6.92 Å². The maximum absolute atomic E-state index is 13.0. The SMILES string of the molecule is CCNC(=NCC(=O)Nc1cccc(F)c1)NCCOC.I. The Morgan fingerprint density at radius 1 is 1.36 bits per heavy atom. The van der Waals surface area contributed by atoms with Crippen molar-refractivity contribution in [2.75, 3.05) is 38.7 Å². The number of hydrogen-bond acceptors (Lipinski definition) is 3. The predicted octanol–water partition coefficient (Wildman–Crippen LogP) is 1.58. The largest absolute Gasteiger partial charge is 0.383 e. The number of hydrogen-bond donors (Lipinski definition) is 3. The summed E-state index contributed by atoms with van der Waals surface area (Å²) in [7, 11) is 1.61. The fourth-order valence-electron chi connectivity index (χ4n) is 1.53. The van der Waals surface area contributed by atoms with Crippen LogP contribution in [0.1, 0.15) is 6.92 Å². The molecule has 0 aromatic heterocycles. The molecule has 3 N–H and O–H groups in total. The number of aliphatic imine (C=N–C) groups is 1. The normalized spacial score (nSPS) is 10.6. The molecule has 1 amide bonds. The van der Waals surface area contributed by atoms with Gasteiger partial charge in [0, 0.05) is 25.9 Å². The molecule has 1 aromatic rings. The molecule has 0 heterocycles. The van der Waals surface area contributed by atoms with Crippen LogP contribution in [0, 0.1) is 5.82 Å². The Labute approximate surface area is 146 Å². The Morgan fingerprint density at radius 3 is 2.77 bits per heavy atom. The van der Waals surface area contributed by atoms with Gasteiger partial charge in [0.15, 0.2) is 5.96 Å². The minimum atomic E-state index is -0.397. The first-order chi connectivity index (χ1) is 10.2. The molecule has 0 spiro atoms. The third kappa shape index (κ3) is 8.78. The van der Waals surface area contributed by atoms with Crippen LogP contribution in [0.2, 0.25) is 0 Å². The fourth-order valence-corrected chi connectivity index (χ4v) is 1.53. The molecule has 1 aromatic carbocycles. The Bertz CT molecular complexity index is 486. The second kappa shape index (κ2) is 12.2. The summed E-state index contributed by atoms with van der Waals surface area (Å²) in [5.41, 5.74) is 0.410. The van der Waals surface area contributed by atoms with Crippen LogP contribution >= 0.6 is 24.0 Å². The van der Waals surface area contributed by atoms with E-state index >= 15 is 0 Å². The van der Waals surface area contributed by atoms with Gasteiger partial charge < -0.3 is 20.7 Å². The third-order valence-electron chi connectivity index (χ3n) is 2.43. The Kier molecular flexibility index (Phi) is 11.4. The topological polar surface area (TPSA) is 74.8 Å². The van der Waals surface area contributed by atoms with E-state index in [4.69, 9.17) is 4.74 Å². The van der Waals surface area contributed by atoms with Gasteiger partial charge in [0.2, 0.25) is 5.91 Å². The fraction of sp³-hybridized carbons (Fsp3) is 0.429. The summed E-state index contributed by atoms with van der Waals surface area (Å²) < 4.78 is 17.9. The molecular weight excluding hydrogens is 402 g/mol. The van der Waals surface area contributed by atoms with Crippen molar-refractivity contribution >= 4 is 41.5 Å². The zero-order valence-electron chi connectivity index (χ0n) is 12.7. The van der Waals surface area contributed by atoms with Crippen LogP contribution in [0.5, 0.6) is 0 Å². The molecule has 124 valence electrons. The summed E-state index contributed by atoms with van der Waals surface area (Å²) >= 11 is 0. The number of guanidine groups is 1. The molecule has 22 heavy (non-hydrogen) atoms. The van der Waals surface area contributed by atoms with Crippen molar-refractivity contribution in [3.05, 3.63) is 30.1 Å². The van der Waals surface area contributed by atoms with Crippen LogP contribution in [-0.4, -0.2) is 45.2 Å². The molecule has 0 radical (unpaired) electrons. The van der Waals surface area contributed by atoms with Gasteiger partial charge in [-0.15, -0.1) is 24.0 Å². The number of rotatable bonds is 7. The van der Waals surface area contributed by atoms with E-state index in [1.807, 2.05) is 6.92 Å². The minimum Gasteiger partial charge on any atom is -0.383 e. The van der Waals surface area contributed by atoms with Gasteiger partial charge in [-0.25, -0.2) is 9.38 Å². The van der Waals surface area contributed by atoms with Gasteiger partial charge in [-0.2, -0.15) is 0 Å². The van der Waals surface area contributed by atoms with Gasteiger partial charge in [0.25, 0.3) is 0 Å². The molecule has 0 saturated heterocycles. The lowest BCUT2D eigenvalue weighted by molar-refractivity contribution is -0.114. The minimum absolute atomic E-state index is 0. The van der Waals surface area contributed by atoms with Gasteiger partial charge in [0.05, 0.1) is 6.61 Å². The van der Waals surface area contributed by atoms with E-state index in [0.717, 1.165) is 0 Å². The van der Waals surface area contributed by atoms with Crippen molar-refractivity contribution in [1.82, 2.24) is 10.6 Å². The van der Waals surface area contributed by atoms with Gasteiger partial charge in [0.1, 0.15) is 12.4 Å². The second-order valence-corrected chi connectivity index (χ2v) is 4.17. The zero-order valence-corrected chi connectivity index (χ0v) is 15.0. The quantitative estimate of drug-likeness (QED) is 0.269. The first kappa shape index (κ1) is 20.6.